The maximum Gasteiger partial charge on any atom is 0.407 e. The summed E-state index contributed by atoms with van der Waals surface area (Å²) < 4.78 is 49.3. The second-order valence-corrected chi connectivity index (χ2v) is 4.95. The zero-order valence-corrected chi connectivity index (χ0v) is 10.3. The maximum atomic E-state index is 11.1. The molecule has 10 heteroatoms. The van der Waals surface area contributed by atoms with Gasteiger partial charge in [0.2, 0.25) is 0 Å². The number of carbonyl (C=O) groups excluding carboxylic acids is 1. The Labute approximate surface area is 103 Å². The van der Waals surface area contributed by atoms with E-state index in [4.69, 9.17) is 14.0 Å². The van der Waals surface area contributed by atoms with Crippen LogP contribution in [0.2, 0.25) is 0 Å². The zero-order chi connectivity index (χ0) is 13.3. The zero-order valence-electron chi connectivity index (χ0n) is 9.44. The molecule has 104 valence electrons. The molecule has 0 saturated carbocycles. The Kier molecular flexibility index (Phi) is 3.73. The van der Waals surface area contributed by atoms with Crippen molar-refractivity contribution in [3.05, 3.63) is 0 Å². The van der Waals surface area contributed by atoms with Crippen LogP contribution in [-0.4, -0.2) is 63.7 Å². The first-order chi connectivity index (χ1) is 8.40. The third-order valence-electron chi connectivity index (χ3n) is 2.74. The monoisotopic (exact) mass is 283 g/mol. The van der Waals surface area contributed by atoms with E-state index in [0.29, 0.717) is 0 Å². The van der Waals surface area contributed by atoms with Crippen molar-refractivity contribution in [2.24, 2.45) is 0 Å². The molecule has 0 aromatic carbocycles. The second-order valence-electron chi connectivity index (χ2n) is 3.90. The lowest BCUT2D eigenvalue weighted by molar-refractivity contribution is 0.0280. The Morgan fingerprint density at radius 3 is 2.61 bits per heavy atom. The van der Waals surface area contributed by atoms with E-state index in [1.54, 1.807) is 0 Å². The van der Waals surface area contributed by atoms with Crippen LogP contribution in [0.25, 0.3) is 0 Å². The fraction of sp³-hybridized carbons (Fsp3) is 0.875. The SMILES string of the molecule is COC(=O)N[C@H]1CO[C@H]2[C@@H]1OC[C@H]2OS(=O)(=O)O. The fourth-order valence-corrected chi connectivity index (χ4v) is 2.51. The molecule has 2 aliphatic rings. The quantitative estimate of drug-likeness (QED) is 0.613. The summed E-state index contributed by atoms with van der Waals surface area (Å²) in [4.78, 5) is 11.1. The summed E-state index contributed by atoms with van der Waals surface area (Å²) >= 11 is 0. The molecule has 0 unspecified atom stereocenters. The summed E-state index contributed by atoms with van der Waals surface area (Å²) in [5.41, 5.74) is 0. The molecular formula is C8H13NO8S. The van der Waals surface area contributed by atoms with Crippen molar-refractivity contribution in [2.45, 2.75) is 24.4 Å². The van der Waals surface area contributed by atoms with Gasteiger partial charge in [-0.1, -0.05) is 0 Å². The van der Waals surface area contributed by atoms with Crippen molar-refractivity contribution in [3.8, 4) is 0 Å². The first-order valence-corrected chi connectivity index (χ1v) is 6.50. The molecule has 1 amide bonds. The molecular weight excluding hydrogens is 270 g/mol. The number of hydrogen-bond donors (Lipinski definition) is 2. The van der Waals surface area contributed by atoms with Crippen LogP contribution >= 0.6 is 0 Å². The van der Waals surface area contributed by atoms with Crippen LogP contribution in [0.1, 0.15) is 0 Å². The molecule has 4 atom stereocenters. The first kappa shape index (κ1) is 13.5. The highest BCUT2D eigenvalue weighted by Crippen LogP contribution is 2.29. The van der Waals surface area contributed by atoms with Gasteiger partial charge in [-0.2, -0.15) is 8.42 Å². The first-order valence-electron chi connectivity index (χ1n) is 5.14. The van der Waals surface area contributed by atoms with Crippen molar-refractivity contribution in [3.63, 3.8) is 0 Å². The summed E-state index contributed by atoms with van der Waals surface area (Å²) in [5, 5.41) is 2.50. The van der Waals surface area contributed by atoms with Crippen LogP contribution < -0.4 is 5.32 Å². The Bertz CT molecular complexity index is 423. The van der Waals surface area contributed by atoms with E-state index < -0.39 is 40.8 Å². The van der Waals surface area contributed by atoms with Gasteiger partial charge in [0, 0.05) is 0 Å². The molecule has 9 nitrogen and oxygen atoms in total. The van der Waals surface area contributed by atoms with E-state index in [1.807, 2.05) is 0 Å². The van der Waals surface area contributed by atoms with Crippen molar-refractivity contribution >= 4 is 16.5 Å². The third-order valence-corrected chi connectivity index (χ3v) is 3.23. The van der Waals surface area contributed by atoms with Gasteiger partial charge in [-0.05, 0) is 0 Å². The number of ether oxygens (including phenoxy) is 3. The van der Waals surface area contributed by atoms with Crippen LogP contribution in [-0.2, 0) is 28.8 Å². The number of rotatable bonds is 3. The molecule has 0 bridgehead atoms. The molecule has 0 aliphatic carbocycles. The van der Waals surface area contributed by atoms with Gasteiger partial charge in [-0.25, -0.2) is 8.98 Å². The predicted octanol–water partition coefficient (Wildman–Crippen LogP) is -1.30. The summed E-state index contributed by atoms with van der Waals surface area (Å²) in [6.07, 6.45) is -2.74. The maximum absolute atomic E-state index is 11.1. The molecule has 2 N–H and O–H groups in total. The lowest BCUT2D eigenvalue weighted by Gasteiger charge is -2.16. The van der Waals surface area contributed by atoms with Gasteiger partial charge in [0.05, 0.1) is 26.4 Å². The highest BCUT2D eigenvalue weighted by Gasteiger charge is 2.50. The summed E-state index contributed by atoms with van der Waals surface area (Å²) in [7, 11) is -3.34. The van der Waals surface area contributed by atoms with Gasteiger partial charge in [0.1, 0.15) is 18.3 Å². The van der Waals surface area contributed by atoms with Gasteiger partial charge in [-0.3, -0.25) is 4.55 Å². The van der Waals surface area contributed by atoms with Crippen LogP contribution in [0.4, 0.5) is 4.79 Å². The fourth-order valence-electron chi connectivity index (χ4n) is 2.04. The number of methoxy groups -OCH3 is 1. The predicted molar refractivity (Wildman–Crippen MR) is 55.2 cm³/mol. The Balaban J connectivity index is 1.96. The Hall–Kier alpha value is -0.940. The topological polar surface area (TPSA) is 120 Å². The molecule has 2 heterocycles. The van der Waals surface area contributed by atoms with Gasteiger partial charge in [0.25, 0.3) is 0 Å². The van der Waals surface area contributed by atoms with Gasteiger partial charge in [0.15, 0.2) is 0 Å². The number of amides is 1. The number of fused-ring (bicyclic) bond motifs is 1. The molecule has 0 spiro atoms. The number of hydrogen-bond acceptors (Lipinski definition) is 7. The molecule has 18 heavy (non-hydrogen) atoms. The minimum absolute atomic E-state index is 0.0471. The number of carbonyl (C=O) groups is 1. The highest BCUT2D eigenvalue weighted by molar-refractivity contribution is 7.80. The van der Waals surface area contributed by atoms with E-state index in [1.165, 1.54) is 7.11 Å². The average Bonchev–Trinajstić information content (AvgIpc) is 2.81. The van der Waals surface area contributed by atoms with Crippen LogP contribution in [0.5, 0.6) is 0 Å². The van der Waals surface area contributed by atoms with E-state index in [2.05, 4.69) is 14.2 Å². The van der Waals surface area contributed by atoms with Crippen molar-refractivity contribution < 1.29 is 36.2 Å². The molecule has 0 aromatic heterocycles. The average molecular weight is 283 g/mol. The highest BCUT2D eigenvalue weighted by atomic mass is 32.3. The molecule has 0 radical (unpaired) electrons. The number of nitrogens with one attached hydrogen (secondary N) is 1. The van der Waals surface area contributed by atoms with Crippen molar-refractivity contribution in [1.82, 2.24) is 5.32 Å². The van der Waals surface area contributed by atoms with Crippen molar-refractivity contribution in [1.29, 1.82) is 0 Å². The van der Waals surface area contributed by atoms with Gasteiger partial charge < -0.3 is 19.5 Å². The van der Waals surface area contributed by atoms with E-state index in [9.17, 15) is 13.2 Å². The van der Waals surface area contributed by atoms with E-state index >= 15 is 0 Å². The summed E-state index contributed by atoms with van der Waals surface area (Å²) in [6.45, 7) is 0.101. The molecule has 2 fully saturated rings. The summed E-state index contributed by atoms with van der Waals surface area (Å²) in [5.74, 6) is 0. The second kappa shape index (κ2) is 4.97. The van der Waals surface area contributed by atoms with Crippen LogP contribution in [0.3, 0.4) is 0 Å². The van der Waals surface area contributed by atoms with Crippen LogP contribution in [0.15, 0.2) is 0 Å². The normalized spacial score (nSPS) is 35.2. The minimum Gasteiger partial charge on any atom is -0.453 e. The van der Waals surface area contributed by atoms with Crippen molar-refractivity contribution in [2.75, 3.05) is 20.3 Å². The molecule has 0 aromatic rings. The van der Waals surface area contributed by atoms with Gasteiger partial charge in [-0.15, -0.1) is 0 Å². The Morgan fingerprint density at radius 2 is 2.00 bits per heavy atom. The molecule has 2 aliphatic heterocycles. The van der Waals surface area contributed by atoms with Crippen LogP contribution in [0, 0.1) is 0 Å². The third kappa shape index (κ3) is 2.90. The summed E-state index contributed by atoms with van der Waals surface area (Å²) in [6, 6.07) is -0.447. The minimum atomic E-state index is -4.56. The largest absolute Gasteiger partial charge is 0.453 e. The lowest BCUT2D eigenvalue weighted by atomic mass is 10.1. The lowest BCUT2D eigenvalue weighted by Crippen LogP contribution is -2.44. The van der Waals surface area contributed by atoms with E-state index in [0.717, 1.165) is 0 Å². The Morgan fingerprint density at radius 1 is 1.33 bits per heavy atom. The number of alkyl carbamates (subject to hydrolysis) is 1. The molecule has 2 saturated heterocycles. The standard InChI is InChI=1S/C8H13NO8S/c1-14-8(10)9-4-2-15-7-5(3-16-6(4)7)17-18(11,12)13/h4-7H,2-3H2,1H3,(H,9,10)(H,11,12,13)/t4-,5+,6+,7+/m0/s1. The molecule has 2 rings (SSSR count). The van der Waals surface area contributed by atoms with E-state index in [-0.39, 0.29) is 13.2 Å². The smallest absolute Gasteiger partial charge is 0.407 e. The van der Waals surface area contributed by atoms with Gasteiger partial charge >= 0.3 is 16.5 Å².